The van der Waals surface area contributed by atoms with Crippen molar-refractivity contribution in [3.8, 4) is 11.3 Å². The summed E-state index contributed by atoms with van der Waals surface area (Å²) >= 11 is 2.15. The number of likely N-dealkylation sites (tertiary alicyclic amines) is 1. The second-order valence-electron chi connectivity index (χ2n) is 7.97. The van der Waals surface area contributed by atoms with Gasteiger partial charge in [-0.1, -0.05) is 5.21 Å². The smallest absolute Gasteiger partial charge is 0.124 e. The predicted octanol–water partition coefficient (Wildman–Crippen LogP) is 3.26. The number of nitrogens with zero attached hydrogens (tertiary/aromatic N) is 4. The lowest BCUT2D eigenvalue weighted by molar-refractivity contribution is -0.00504. The van der Waals surface area contributed by atoms with Crippen molar-refractivity contribution in [2.75, 3.05) is 32.8 Å². The number of aromatic nitrogens is 3. The quantitative estimate of drug-likeness (QED) is 0.606. The van der Waals surface area contributed by atoms with Gasteiger partial charge in [0, 0.05) is 35.4 Å². The van der Waals surface area contributed by atoms with Crippen molar-refractivity contribution in [2.45, 2.75) is 38.0 Å². The highest BCUT2D eigenvalue weighted by Crippen LogP contribution is 2.36. The molecule has 2 atom stereocenters. The fraction of sp³-hybridized carbons (Fsp3) is 0.600. The number of ether oxygens (including phenoxy) is 2. The molecule has 6 nitrogen and oxygen atoms in total. The van der Waals surface area contributed by atoms with Crippen LogP contribution in [0, 0.1) is 15.3 Å². The first-order valence-corrected chi connectivity index (χ1v) is 11.1. The van der Waals surface area contributed by atoms with Gasteiger partial charge in [-0.2, -0.15) is 0 Å². The Hall–Kier alpha value is -1.10. The third kappa shape index (κ3) is 3.59. The summed E-state index contributed by atoms with van der Waals surface area (Å²) in [6.45, 7) is 5.33. The van der Waals surface area contributed by atoms with E-state index in [9.17, 15) is 4.39 Å². The molecule has 3 aliphatic rings. The number of hydrogen-bond acceptors (Lipinski definition) is 5. The topological polar surface area (TPSA) is 52.4 Å². The summed E-state index contributed by atoms with van der Waals surface area (Å²) in [5, 5.41) is 8.91. The van der Waals surface area contributed by atoms with Crippen LogP contribution in [0.2, 0.25) is 0 Å². The summed E-state index contributed by atoms with van der Waals surface area (Å²) in [6, 6.07) is 4.99. The van der Waals surface area contributed by atoms with Crippen molar-refractivity contribution in [1.29, 1.82) is 0 Å². The molecule has 0 saturated carbocycles. The molecule has 0 radical (unpaired) electrons. The van der Waals surface area contributed by atoms with Crippen molar-refractivity contribution < 1.29 is 13.9 Å². The Balaban J connectivity index is 1.30. The molecule has 2 fully saturated rings. The van der Waals surface area contributed by atoms with Gasteiger partial charge in [0.25, 0.3) is 0 Å². The summed E-state index contributed by atoms with van der Waals surface area (Å²) in [6.07, 6.45) is 3.77. The molecule has 28 heavy (non-hydrogen) atoms. The molecule has 1 aromatic carbocycles. The van der Waals surface area contributed by atoms with E-state index in [-0.39, 0.29) is 18.0 Å². The number of fused-ring (bicyclic) bond motifs is 3. The van der Waals surface area contributed by atoms with E-state index >= 15 is 0 Å². The first kappa shape index (κ1) is 18.9. The Labute approximate surface area is 177 Å². The van der Waals surface area contributed by atoms with Crippen LogP contribution in [0.3, 0.4) is 0 Å². The van der Waals surface area contributed by atoms with E-state index in [1.165, 1.54) is 31.4 Å². The minimum Gasteiger partial charge on any atom is -0.381 e. The van der Waals surface area contributed by atoms with Gasteiger partial charge in [-0.05, 0) is 72.5 Å². The Morgan fingerprint density at radius 3 is 2.89 bits per heavy atom. The minimum absolute atomic E-state index is 0.170. The van der Waals surface area contributed by atoms with Crippen LogP contribution in [0.4, 0.5) is 4.39 Å². The van der Waals surface area contributed by atoms with Gasteiger partial charge in [-0.25, -0.2) is 9.07 Å². The molecule has 0 N–H and O–H groups in total. The molecule has 2 saturated heterocycles. The van der Waals surface area contributed by atoms with E-state index in [4.69, 9.17) is 9.47 Å². The molecule has 3 aliphatic heterocycles. The number of rotatable bonds is 4. The first-order valence-electron chi connectivity index (χ1n) is 10.00. The normalized spacial score (nSPS) is 25.6. The van der Waals surface area contributed by atoms with Gasteiger partial charge in [0.2, 0.25) is 0 Å². The van der Waals surface area contributed by atoms with Gasteiger partial charge < -0.3 is 9.47 Å². The zero-order chi connectivity index (χ0) is 19.1. The van der Waals surface area contributed by atoms with Crippen LogP contribution < -0.4 is 0 Å². The Morgan fingerprint density at radius 1 is 1.21 bits per heavy atom. The van der Waals surface area contributed by atoms with Crippen molar-refractivity contribution in [2.24, 2.45) is 5.92 Å². The van der Waals surface area contributed by atoms with Crippen LogP contribution in [0.25, 0.3) is 11.3 Å². The maximum Gasteiger partial charge on any atom is 0.124 e. The second-order valence-corrected chi connectivity index (χ2v) is 9.14. The van der Waals surface area contributed by atoms with E-state index in [2.05, 4.69) is 42.5 Å². The van der Waals surface area contributed by atoms with Crippen molar-refractivity contribution in [1.82, 2.24) is 19.9 Å². The first-order chi connectivity index (χ1) is 13.7. The predicted molar refractivity (Wildman–Crippen MR) is 110 cm³/mol. The average Bonchev–Trinajstić information content (AvgIpc) is 3.31. The highest BCUT2D eigenvalue weighted by Gasteiger charge is 2.40. The molecule has 150 valence electrons. The maximum atomic E-state index is 13.5. The zero-order valence-electron chi connectivity index (χ0n) is 15.7. The number of benzene rings is 1. The van der Waals surface area contributed by atoms with Crippen molar-refractivity contribution in [3.05, 3.63) is 33.3 Å². The van der Waals surface area contributed by atoms with Gasteiger partial charge in [-0.3, -0.25) is 4.90 Å². The number of halogens is 2. The van der Waals surface area contributed by atoms with Crippen LogP contribution >= 0.6 is 22.6 Å². The Bertz CT molecular complexity index is 855. The largest absolute Gasteiger partial charge is 0.381 e. The fourth-order valence-corrected chi connectivity index (χ4v) is 5.34. The van der Waals surface area contributed by atoms with E-state index in [1.54, 1.807) is 6.07 Å². The molecular weight excluding hydrogens is 474 g/mol. The van der Waals surface area contributed by atoms with Crippen LogP contribution in [0.1, 0.15) is 31.0 Å². The van der Waals surface area contributed by atoms with Gasteiger partial charge in [0.1, 0.15) is 11.5 Å². The summed E-state index contributed by atoms with van der Waals surface area (Å²) in [5.74, 6) is 0.549. The fourth-order valence-electron chi connectivity index (χ4n) is 4.61. The lowest BCUT2D eigenvalue weighted by atomic mass is 9.96. The SMILES string of the molecule is Fc1ccc(-c2nnn3c2CO[C@H]2CN(CCC4CCOCC4)C[C@@H]23)c(I)c1. The van der Waals surface area contributed by atoms with E-state index in [0.29, 0.717) is 6.61 Å². The molecule has 0 aliphatic carbocycles. The van der Waals surface area contributed by atoms with E-state index in [1.807, 2.05) is 0 Å². The number of hydrogen-bond donors (Lipinski definition) is 0. The third-order valence-corrected chi connectivity index (χ3v) is 7.13. The molecule has 5 rings (SSSR count). The van der Waals surface area contributed by atoms with Gasteiger partial charge in [-0.15, -0.1) is 5.10 Å². The molecule has 8 heteroatoms. The summed E-state index contributed by atoms with van der Waals surface area (Å²) < 4.78 is 28.0. The molecule has 0 unspecified atom stereocenters. The average molecular weight is 498 g/mol. The van der Waals surface area contributed by atoms with Gasteiger partial charge in [0.15, 0.2) is 0 Å². The maximum absolute atomic E-state index is 13.5. The van der Waals surface area contributed by atoms with Crippen LogP contribution in [0.15, 0.2) is 18.2 Å². The Morgan fingerprint density at radius 2 is 2.07 bits per heavy atom. The van der Waals surface area contributed by atoms with Crippen LogP contribution in [-0.4, -0.2) is 58.8 Å². The van der Waals surface area contributed by atoms with Crippen LogP contribution in [-0.2, 0) is 16.1 Å². The monoisotopic (exact) mass is 498 g/mol. The van der Waals surface area contributed by atoms with Crippen molar-refractivity contribution >= 4 is 22.6 Å². The summed E-state index contributed by atoms with van der Waals surface area (Å²) in [5.41, 5.74) is 2.72. The summed E-state index contributed by atoms with van der Waals surface area (Å²) in [4.78, 5) is 2.50. The summed E-state index contributed by atoms with van der Waals surface area (Å²) in [7, 11) is 0. The minimum atomic E-state index is -0.235. The Kier molecular flexibility index (Phi) is 5.38. The molecule has 0 bridgehead atoms. The highest BCUT2D eigenvalue weighted by molar-refractivity contribution is 14.1. The molecule has 0 spiro atoms. The van der Waals surface area contributed by atoms with Gasteiger partial charge >= 0.3 is 0 Å². The second kappa shape index (κ2) is 7.97. The van der Waals surface area contributed by atoms with Crippen molar-refractivity contribution in [3.63, 3.8) is 0 Å². The highest BCUT2D eigenvalue weighted by atomic mass is 127. The molecule has 0 amide bonds. The lowest BCUT2D eigenvalue weighted by Crippen LogP contribution is -2.32. The van der Waals surface area contributed by atoms with Gasteiger partial charge in [0.05, 0.1) is 24.4 Å². The van der Waals surface area contributed by atoms with E-state index in [0.717, 1.165) is 59.3 Å². The van der Waals surface area contributed by atoms with Crippen LogP contribution in [0.5, 0.6) is 0 Å². The molecular formula is C20H24FIN4O2. The standard InChI is InChI=1S/C20H24FIN4O2/c21-14-1-2-15(16(22)9-14)20-18-12-28-19-11-25(10-17(19)26(18)24-23-20)6-3-13-4-7-27-8-5-13/h1-2,9,13,17,19H,3-8,10-12H2/t17-,19-/m0/s1. The third-order valence-electron chi connectivity index (χ3n) is 6.23. The molecule has 2 aromatic rings. The molecule has 1 aromatic heterocycles. The van der Waals surface area contributed by atoms with E-state index < -0.39 is 0 Å². The zero-order valence-corrected chi connectivity index (χ0v) is 17.8. The molecule has 4 heterocycles. The lowest BCUT2D eigenvalue weighted by Gasteiger charge is -2.26.